The molecule has 3 aromatic rings. The van der Waals surface area contributed by atoms with E-state index in [2.05, 4.69) is 15.1 Å². The number of para-hydroxylation sites is 1. The Labute approximate surface area is 96.5 Å². The summed E-state index contributed by atoms with van der Waals surface area (Å²) in [5.41, 5.74) is 1.57. The van der Waals surface area contributed by atoms with Crippen molar-refractivity contribution in [1.82, 2.24) is 19.7 Å². The summed E-state index contributed by atoms with van der Waals surface area (Å²) in [5.74, 6) is 0. The highest BCUT2D eigenvalue weighted by Gasteiger charge is 2.06. The molecule has 0 aliphatic rings. The highest BCUT2D eigenvalue weighted by atomic mass is 35.5. The molecule has 0 bridgehead atoms. The van der Waals surface area contributed by atoms with Crippen LogP contribution in [0.25, 0.3) is 16.7 Å². The van der Waals surface area contributed by atoms with Gasteiger partial charge in [0.2, 0.25) is 0 Å². The number of hydrogen-bond donors (Lipinski definition) is 0. The number of benzene rings is 1. The normalized spacial score (nSPS) is 10.8. The molecule has 0 amide bonds. The largest absolute Gasteiger partial charge is 0.238 e. The van der Waals surface area contributed by atoms with Crippen LogP contribution in [0.1, 0.15) is 0 Å². The highest BCUT2D eigenvalue weighted by Crippen LogP contribution is 2.19. The number of aromatic nitrogens is 4. The topological polar surface area (TPSA) is 43.6 Å². The van der Waals surface area contributed by atoms with Crippen molar-refractivity contribution in [1.29, 1.82) is 0 Å². The van der Waals surface area contributed by atoms with Crippen LogP contribution in [-0.2, 0) is 0 Å². The molecule has 4 nitrogen and oxygen atoms in total. The van der Waals surface area contributed by atoms with Crippen molar-refractivity contribution in [2.24, 2.45) is 0 Å². The summed E-state index contributed by atoms with van der Waals surface area (Å²) in [7, 11) is 0. The highest BCUT2D eigenvalue weighted by molar-refractivity contribution is 6.33. The van der Waals surface area contributed by atoms with Gasteiger partial charge >= 0.3 is 0 Å². The first-order valence-electron chi connectivity index (χ1n) is 4.76. The third kappa shape index (κ3) is 1.44. The Hall–Kier alpha value is -1.94. The Morgan fingerprint density at radius 3 is 2.62 bits per heavy atom. The van der Waals surface area contributed by atoms with E-state index in [4.69, 9.17) is 11.6 Å². The summed E-state index contributed by atoms with van der Waals surface area (Å²) in [6.07, 6.45) is 3.24. The zero-order valence-corrected chi connectivity index (χ0v) is 8.96. The van der Waals surface area contributed by atoms with E-state index < -0.39 is 0 Å². The van der Waals surface area contributed by atoms with Gasteiger partial charge in [0.05, 0.1) is 11.1 Å². The standard InChI is InChI=1S/C11H7ClN4/c12-10-9-6-16(8-4-2-1-3-5-8)15-11(9)14-7-13-10/h1-7H. The van der Waals surface area contributed by atoms with Crippen molar-refractivity contribution in [2.75, 3.05) is 0 Å². The molecule has 0 radical (unpaired) electrons. The van der Waals surface area contributed by atoms with Gasteiger partial charge in [-0.2, -0.15) is 0 Å². The maximum absolute atomic E-state index is 5.95. The fourth-order valence-electron chi connectivity index (χ4n) is 1.52. The molecule has 16 heavy (non-hydrogen) atoms. The smallest absolute Gasteiger partial charge is 0.186 e. The Bertz CT molecular complexity index is 633. The van der Waals surface area contributed by atoms with Gasteiger partial charge in [0.1, 0.15) is 11.5 Å². The van der Waals surface area contributed by atoms with Crippen LogP contribution in [0.5, 0.6) is 0 Å². The summed E-state index contributed by atoms with van der Waals surface area (Å²) in [4.78, 5) is 7.98. The summed E-state index contributed by atoms with van der Waals surface area (Å²) in [6, 6.07) is 9.80. The number of halogens is 1. The molecule has 78 valence electrons. The number of nitrogens with zero attached hydrogens (tertiary/aromatic N) is 4. The summed E-state index contributed by atoms with van der Waals surface area (Å²) >= 11 is 5.95. The van der Waals surface area contributed by atoms with E-state index in [1.807, 2.05) is 36.5 Å². The van der Waals surface area contributed by atoms with Gasteiger partial charge in [-0.3, -0.25) is 0 Å². The van der Waals surface area contributed by atoms with E-state index in [-0.39, 0.29) is 0 Å². The Morgan fingerprint density at radius 1 is 1.06 bits per heavy atom. The third-order valence-corrected chi connectivity index (χ3v) is 2.59. The number of fused-ring (bicyclic) bond motifs is 1. The number of hydrogen-bond acceptors (Lipinski definition) is 3. The molecule has 1 aromatic carbocycles. The minimum atomic E-state index is 0.423. The fourth-order valence-corrected chi connectivity index (χ4v) is 1.70. The van der Waals surface area contributed by atoms with Gasteiger partial charge < -0.3 is 0 Å². The molecule has 0 spiro atoms. The first-order valence-corrected chi connectivity index (χ1v) is 5.14. The zero-order valence-electron chi connectivity index (χ0n) is 8.21. The van der Waals surface area contributed by atoms with Crippen molar-refractivity contribution in [3.8, 4) is 5.69 Å². The molecule has 2 heterocycles. The monoisotopic (exact) mass is 230 g/mol. The van der Waals surface area contributed by atoms with E-state index in [0.717, 1.165) is 11.1 Å². The predicted molar refractivity (Wildman–Crippen MR) is 61.7 cm³/mol. The Balaban J connectivity index is 2.23. The lowest BCUT2D eigenvalue weighted by Crippen LogP contribution is -1.93. The van der Waals surface area contributed by atoms with Gasteiger partial charge in [-0.25, -0.2) is 14.6 Å². The lowest BCUT2D eigenvalue weighted by molar-refractivity contribution is 0.889. The van der Waals surface area contributed by atoms with E-state index in [1.165, 1.54) is 6.33 Å². The van der Waals surface area contributed by atoms with E-state index >= 15 is 0 Å². The average molecular weight is 231 g/mol. The van der Waals surface area contributed by atoms with Crippen LogP contribution < -0.4 is 0 Å². The van der Waals surface area contributed by atoms with Crippen molar-refractivity contribution < 1.29 is 0 Å². The second-order valence-electron chi connectivity index (χ2n) is 3.31. The maximum atomic E-state index is 5.95. The molecule has 5 heteroatoms. The van der Waals surface area contributed by atoms with Crippen molar-refractivity contribution in [3.05, 3.63) is 48.0 Å². The molecule has 0 fully saturated rings. The van der Waals surface area contributed by atoms with Gasteiger partial charge in [0.25, 0.3) is 0 Å². The second-order valence-corrected chi connectivity index (χ2v) is 3.67. The molecule has 0 aliphatic carbocycles. The Kier molecular flexibility index (Phi) is 2.08. The fraction of sp³-hybridized carbons (Fsp3) is 0. The van der Waals surface area contributed by atoms with Gasteiger partial charge in [0.15, 0.2) is 5.65 Å². The van der Waals surface area contributed by atoms with Crippen LogP contribution in [0.15, 0.2) is 42.9 Å². The molecule has 0 N–H and O–H groups in total. The quantitative estimate of drug-likeness (QED) is 0.603. The van der Waals surface area contributed by atoms with Crippen LogP contribution >= 0.6 is 11.6 Å². The van der Waals surface area contributed by atoms with Crippen molar-refractivity contribution in [3.63, 3.8) is 0 Å². The predicted octanol–water partition coefficient (Wildman–Crippen LogP) is 2.47. The lowest BCUT2D eigenvalue weighted by Gasteiger charge is -1.97. The minimum absolute atomic E-state index is 0.423. The molecule has 0 aliphatic heterocycles. The molecule has 3 rings (SSSR count). The summed E-state index contributed by atoms with van der Waals surface area (Å²) < 4.78 is 1.74. The maximum Gasteiger partial charge on any atom is 0.186 e. The molecule has 0 saturated heterocycles. The molecular formula is C11H7ClN4. The summed E-state index contributed by atoms with van der Waals surface area (Å²) in [5, 5.41) is 5.51. The Morgan fingerprint density at radius 2 is 1.88 bits per heavy atom. The van der Waals surface area contributed by atoms with E-state index in [9.17, 15) is 0 Å². The van der Waals surface area contributed by atoms with Gasteiger partial charge in [-0.15, -0.1) is 5.10 Å². The molecule has 0 atom stereocenters. The average Bonchev–Trinajstić information content (AvgIpc) is 2.76. The molecule has 2 aromatic heterocycles. The molecule has 0 saturated carbocycles. The third-order valence-electron chi connectivity index (χ3n) is 2.29. The van der Waals surface area contributed by atoms with Crippen molar-refractivity contribution in [2.45, 2.75) is 0 Å². The van der Waals surface area contributed by atoms with Gasteiger partial charge in [-0.1, -0.05) is 29.8 Å². The van der Waals surface area contributed by atoms with Crippen molar-refractivity contribution >= 4 is 22.6 Å². The van der Waals surface area contributed by atoms with Crippen LogP contribution in [0, 0.1) is 0 Å². The van der Waals surface area contributed by atoms with Gasteiger partial charge in [-0.05, 0) is 12.1 Å². The first-order chi connectivity index (χ1) is 7.84. The molecule has 0 unspecified atom stereocenters. The molecular weight excluding hydrogens is 224 g/mol. The van der Waals surface area contributed by atoms with Crippen LogP contribution in [0.3, 0.4) is 0 Å². The first kappa shape index (κ1) is 9.30. The minimum Gasteiger partial charge on any atom is -0.238 e. The van der Waals surface area contributed by atoms with Crippen LogP contribution in [0.2, 0.25) is 5.15 Å². The number of rotatable bonds is 1. The van der Waals surface area contributed by atoms with E-state index in [1.54, 1.807) is 4.68 Å². The lowest BCUT2D eigenvalue weighted by atomic mass is 10.3. The summed E-state index contributed by atoms with van der Waals surface area (Å²) in [6.45, 7) is 0. The second kappa shape index (κ2) is 3.57. The van der Waals surface area contributed by atoms with E-state index in [0.29, 0.717) is 10.8 Å². The zero-order chi connectivity index (χ0) is 11.0. The van der Waals surface area contributed by atoms with Gasteiger partial charge in [0, 0.05) is 6.20 Å². The van der Waals surface area contributed by atoms with Crippen LogP contribution in [0.4, 0.5) is 0 Å². The SMILES string of the molecule is Clc1ncnc2nn(-c3ccccc3)cc12. The van der Waals surface area contributed by atoms with Crippen LogP contribution in [-0.4, -0.2) is 19.7 Å².